The summed E-state index contributed by atoms with van der Waals surface area (Å²) in [5, 5.41) is 9.28. The Morgan fingerprint density at radius 2 is 2.05 bits per heavy atom. The van der Waals surface area contributed by atoms with Crippen molar-refractivity contribution in [2.45, 2.75) is 38.6 Å². The van der Waals surface area contributed by atoms with Gasteiger partial charge in [-0.05, 0) is 36.5 Å². The second-order valence-electron chi connectivity index (χ2n) is 5.55. The molecule has 3 heteroatoms. The highest BCUT2D eigenvalue weighted by Crippen LogP contribution is 2.27. The fourth-order valence-corrected chi connectivity index (χ4v) is 2.99. The summed E-state index contributed by atoms with van der Waals surface area (Å²) in [7, 11) is 2.09. The summed E-state index contributed by atoms with van der Waals surface area (Å²) in [6.45, 7) is 1.54. The molecular weight excluding hydrogens is 234 g/mol. The molecular formula is C16H23N3. The minimum Gasteiger partial charge on any atom is -0.373 e. The van der Waals surface area contributed by atoms with Gasteiger partial charge in [-0.15, -0.1) is 0 Å². The van der Waals surface area contributed by atoms with Gasteiger partial charge in [-0.2, -0.15) is 5.26 Å². The van der Waals surface area contributed by atoms with Crippen LogP contribution in [0.2, 0.25) is 0 Å². The van der Waals surface area contributed by atoms with Crippen LogP contribution in [0.5, 0.6) is 0 Å². The summed E-state index contributed by atoms with van der Waals surface area (Å²) < 4.78 is 0. The first-order valence-corrected chi connectivity index (χ1v) is 7.19. The van der Waals surface area contributed by atoms with E-state index >= 15 is 0 Å². The van der Waals surface area contributed by atoms with Gasteiger partial charge in [0.25, 0.3) is 0 Å². The van der Waals surface area contributed by atoms with E-state index in [1.54, 1.807) is 0 Å². The van der Waals surface area contributed by atoms with Crippen LogP contribution in [-0.4, -0.2) is 13.6 Å². The normalized spacial score (nSPS) is 16.1. The monoisotopic (exact) mass is 257 g/mol. The number of hydrogen-bond acceptors (Lipinski definition) is 3. The molecule has 0 radical (unpaired) electrons. The third-order valence-corrected chi connectivity index (χ3v) is 4.09. The van der Waals surface area contributed by atoms with E-state index in [0.717, 1.165) is 29.3 Å². The molecule has 1 aliphatic rings. The molecule has 102 valence electrons. The SMILES string of the molecule is CN(CC1CCCCC1)c1ccc(CN)cc1C#N. The van der Waals surface area contributed by atoms with Crippen molar-refractivity contribution >= 4 is 5.69 Å². The molecule has 0 aliphatic heterocycles. The summed E-state index contributed by atoms with van der Waals surface area (Å²) in [6, 6.07) is 8.25. The molecule has 1 aromatic carbocycles. The number of benzene rings is 1. The number of hydrogen-bond donors (Lipinski definition) is 1. The van der Waals surface area contributed by atoms with Gasteiger partial charge in [-0.1, -0.05) is 25.3 Å². The van der Waals surface area contributed by atoms with Crippen LogP contribution in [0.3, 0.4) is 0 Å². The number of rotatable bonds is 4. The molecule has 1 aromatic rings. The van der Waals surface area contributed by atoms with Gasteiger partial charge in [0.1, 0.15) is 6.07 Å². The van der Waals surface area contributed by atoms with Gasteiger partial charge < -0.3 is 10.6 Å². The van der Waals surface area contributed by atoms with Gasteiger partial charge in [0, 0.05) is 20.1 Å². The molecule has 19 heavy (non-hydrogen) atoms. The van der Waals surface area contributed by atoms with E-state index in [2.05, 4.69) is 18.0 Å². The molecule has 1 aliphatic carbocycles. The van der Waals surface area contributed by atoms with Crippen LogP contribution in [0, 0.1) is 17.2 Å². The maximum absolute atomic E-state index is 9.28. The lowest BCUT2D eigenvalue weighted by atomic mass is 9.89. The second kappa shape index (κ2) is 6.58. The first-order chi connectivity index (χ1) is 9.24. The predicted molar refractivity (Wildman–Crippen MR) is 78.9 cm³/mol. The highest BCUT2D eigenvalue weighted by atomic mass is 15.1. The quantitative estimate of drug-likeness (QED) is 0.902. The van der Waals surface area contributed by atoms with E-state index in [-0.39, 0.29) is 0 Å². The van der Waals surface area contributed by atoms with E-state index in [0.29, 0.717) is 6.54 Å². The van der Waals surface area contributed by atoms with Crippen molar-refractivity contribution in [3.8, 4) is 6.07 Å². The Morgan fingerprint density at radius 1 is 1.32 bits per heavy atom. The van der Waals surface area contributed by atoms with Crippen LogP contribution in [0.1, 0.15) is 43.2 Å². The van der Waals surface area contributed by atoms with Crippen molar-refractivity contribution in [3.63, 3.8) is 0 Å². The van der Waals surface area contributed by atoms with Crippen LogP contribution in [0.15, 0.2) is 18.2 Å². The molecule has 0 amide bonds. The second-order valence-corrected chi connectivity index (χ2v) is 5.55. The summed E-state index contributed by atoms with van der Waals surface area (Å²) in [6.07, 6.45) is 6.75. The molecule has 0 spiro atoms. The zero-order valence-corrected chi connectivity index (χ0v) is 11.7. The van der Waals surface area contributed by atoms with Crippen molar-refractivity contribution in [1.82, 2.24) is 0 Å². The highest BCUT2D eigenvalue weighted by Gasteiger charge is 2.17. The molecule has 1 saturated carbocycles. The van der Waals surface area contributed by atoms with E-state index in [4.69, 9.17) is 5.73 Å². The third kappa shape index (κ3) is 3.48. The first kappa shape index (κ1) is 13.9. The third-order valence-electron chi connectivity index (χ3n) is 4.09. The summed E-state index contributed by atoms with van der Waals surface area (Å²) in [5.41, 5.74) is 8.42. The van der Waals surface area contributed by atoms with Crippen LogP contribution in [-0.2, 0) is 6.54 Å². The maximum atomic E-state index is 9.28. The minimum absolute atomic E-state index is 0.487. The van der Waals surface area contributed by atoms with E-state index < -0.39 is 0 Å². The van der Waals surface area contributed by atoms with Crippen molar-refractivity contribution < 1.29 is 0 Å². The molecule has 0 heterocycles. The number of nitrogens with zero attached hydrogens (tertiary/aromatic N) is 2. The molecule has 0 unspecified atom stereocenters. The van der Waals surface area contributed by atoms with Gasteiger partial charge in [0.15, 0.2) is 0 Å². The number of anilines is 1. The average Bonchev–Trinajstić information content (AvgIpc) is 2.47. The molecule has 1 fully saturated rings. The van der Waals surface area contributed by atoms with Gasteiger partial charge >= 0.3 is 0 Å². The Labute approximate surface area is 116 Å². The predicted octanol–water partition coefficient (Wildman–Crippen LogP) is 3.03. The molecule has 0 bridgehead atoms. The Kier molecular flexibility index (Phi) is 4.81. The summed E-state index contributed by atoms with van der Waals surface area (Å²) >= 11 is 0. The Hall–Kier alpha value is -1.53. The van der Waals surface area contributed by atoms with Crippen molar-refractivity contribution in [3.05, 3.63) is 29.3 Å². The minimum atomic E-state index is 0.487. The molecule has 0 atom stereocenters. The van der Waals surface area contributed by atoms with Crippen LogP contribution >= 0.6 is 0 Å². The molecule has 2 N–H and O–H groups in total. The molecule has 0 saturated heterocycles. The Bertz CT molecular complexity index is 456. The highest BCUT2D eigenvalue weighted by molar-refractivity contribution is 5.60. The van der Waals surface area contributed by atoms with Crippen LogP contribution in [0.4, 0.5) is 5.69 Å². The fourth-order valence-electron chi connectivity index (χ4n) is 2.99. The van der Waals surface area contributed by atoms with E-state index in [9.17, 15) is 5.26 Å². The van der Waals surface area contributed by atoms with Crippen molar-refractivity contribution in [2.75, 3.05) is 18.5 Å². The summed E-state index contributed by atoms with van der Waals surface area (Å²) in [4.78, 5) is 2.23. The largest absolute Gasteiger partial charge is 0.373 e. The molecule has 2 rings (SSSR count). The van der Waals surface area contributed by atoms with Crippen LogP contribution < -0.4 is 10.6 Å². The zero-order valence-electron chi connectivity index (χ0n) is 11.7. The van der Waals surface area contributed by atoms with Gasteiger partial charge in [0.05, 0.1) is 11.3 Å². The lowest BCUT2D eigenvalue weighted by Crippen LogP contribution is -2.27. The number of nitrogens with two attached hydrogens (primary N) is 1. The Balaban J connectivity index is 2.09. The van der Waals surface area contributed by atoms with Gasteiger partial charge in [0.2, 0.25) is 0 Å². The Morgan fingerprint density at radius 3 is 2.68 bits per heavy atom. The smallest absolute Gasteiger partial charge is 0.101 e. The van der Waals surface area contributed by atoms with Crippen molar-refractivity contribution in [1.29, 1.82) is 5.26 Å². The van der Waals surface area contributed by atoms with Crippen LogP contribution in [0.25, 0.3) is 0 Å². The zero-order chi connectivity index (χ0) is 13.7. The number of nitriles is 1. The van der Waals surface area contributed by atoms with Gasteiger partial charge in [-0.3, -0.25) is 0 Å². The van der Waals surface area contributed by atoms with E-state index in [1.807, 2.05) is 18.2 Å². The van der Waals surface area contributed by atoms with Gasteiger partial charge in [-0.25, -0.2) is 0 Å². The average molecular weight is 257 g/mol. The molecule has 0 aromatic heterocycles. The standard InChI is InChI=1S/C16H23N3/c1-19(12-13-5-3-2-4-6-13)16-8-7-14(10-17)9-15(16)11-18/h7-9,13H,2-6,10,12,17H2,1H3. The summed E-state index contributed by atoms with van der Waals surface area (Å²) in [5.74, 6) is 0.777. The van der Waals surface area contributed by atoms with Crippen molar-refractivity contribution in [2.24, 2.45) is 11.7 Å². The lowest BCUT2D eigenvalue weighted by molar-refractivity contribution is 0.362. The maximum Gasteiger partial charge on any atom is 0.101 e. The first-order valence-electron chi connectivity index (χ1n) is 7.19. The lowest BCUT2D eigenvalue weighted by Gasteiger charge is -2.29. The topological polar surface area (TPSA) is 53.0 Å². The molecule has 3 nitrogen and oxygen atoms in total. The van der Waals surface area contributed by atoms with E-state index in [1.165, 1.54) is 32.1 Å². The fraction of sp³-hybridized carbons (Fsp3) is 0.562.